The Morgan fingerprint density at radius 2 is 2.14 bits per heavy atom. The van der Waals surface area contributed by atoms with Crippen LogP contribution in [0.2, 0.25) is 0 Å². The van der Waals surface area contributed by atoms with E-state index in [0.29, 0.717) is 12.5 Å². The Morgan fingerprint density at radius 1 is 1.36 bits per heavy atom. The van der Waals surface area contributed by atoms with Crippen molar-refractivity contribution in [3.8, 4) is 6.07 Å². The molecule has 1 aromatic carbocycles. The lowest BCUT2D eigenvalue weighted by Gasteiger charge is -2.16. The van der Waals surface area contributed by atoms with E-state index >= 15 is 0 Å². The first-order valence-electron chi connectivity index (χ1n) is 6.54. The smallest absolute Gasteiger partial charge is 0.152 e. The highest BCUT2D eigenvalue weighted by molar-refractivity contribution is 7.91. The number of nitrogens with one attached hydrogen (secondary N) is 1. The summed E-state index contributed by atoms with van der Waals surface area (Å²) in [7, 11) is -3.12. The Balaban J connectivity index is 2.13. The summed E-state index contributed by atoms with van der Waals surface area (Å²) in [4.78, 5) is 3.88. The van der Waals surface area contributed by atoms with Gasteiger partial charge in [0.25, 0.3) is 0 Å². The molecule has 0 spiro atoms. The molecule has 3 rings (SSSR count). The molecule has 2 heterocycles. The van der Waals surface area contributed by atoms with Crippen molar-refractivity contribution in [1.29, 1.82) is 5.26 Å². The summed E-state index contributed by atoms with van der Waals surface area (Å²) in [6, 6.07) is 3.25. The molecule has 8 heteroatoms. The average molecular weight is 323 g/mol. The van der Waals surface area contributed by atoms with E-state index in [1.165, 1.54) is 6.20 Å². The standard InChI is InChI=1S/C14H11F2N3O2S/c15-9-3-11(16)13-12(4-9)18-6-8(5-17)14(13)19-10-1-2-22(20,21)7-10/h3-4,6,10H,1-2,7H2,(H,18,19). The van der Waals surface area contributed by atoms with Crippen molar-refractivity contribution in [2.75, 3.05) is 16.8 Å². The molecule has 1 aliphatic heterocycles. The molecule has 1 unspecified atom stereocenters. The van der Waals surface area contributed by atoms with Crippen molar-refractivity contribution in [3.05, 3.63) is 35.5 Å². The van der Waals surface area contributed by atoms with Crippen molar-refractivity contribution in [2.24, 2.45) is 0 Å². The van der Waals surface area contributed by atoms with Gasteiger partial charge in [0.15, 0.2) is 9.84 Å². The molecule has 1 N–H and O–H groups in total. The number of nitrogens with zero attached hydrogens (tertiary/aromatic N) is 2. The zero-order valence-electron chi connectivity index (χ0n) is 11.3. The second kappa shape index (κ2) is 5.18. The van der Waals surface area contributed by atoms with Gasteiger partial charge in [-0.15, -0.1) is 0 Å². The van der Waals surface area contributed by atoms with Gasteiger partial charge in [0.1, 0.15) is 17.7 Å². The fraction of sp³-hybridized carbons (Fsp3) is 0.286. The number of aromatic nitrogens is 1. The zero-order valence-corrected chi connectivity index (χ0v) is 12.1. The number of rotatable bonds is 2. The molecule has 114 valence electrons. The number of anilines is 1. The van der Waals surface area contributed by atoms with Crippen LogP contribution in [0, 0.1) is 23.0 Å². The monoisotopic (exact) mass is 323 g/mol. The fourth-order valence-electron chi connectivity index (χ4n) is 2.59. The molecule has 5 nitrogen and oxygen atoms in total. The molecule has 0 saturated carbocycles. The number of halogens is 2. The normalized spacial score (nSPS) is 20.0. The Hall–Kier alpha value is -2.27. The van der Waals surface area contributed by atoms with E-state index in [1.807, 2.05) is 6.07 Å². The molecule has 1 aromatic heterocycles. The van der Waals surface area contributed by atoms with Crippen LogP contribution < -0.4 is 5.32 Å². The number of hydrogen-bond acceptors (Lipinski definition) is 5. The first-order valence-corrected chi connectivity index (χ1v) is 8.36. The Kier molecular flexibility index (Phi) is 3.45. The summed E-state index contributed by atoms with van der Waals surface area (Å²) >= 11 is 0. The van der Waals surface area contributed by atoms with Gasteiger partial charge in [-0.3, -0.25) is 4.98 Å². The number of pyridine rings is 1. The minimum absolute atomic E-state index is 0.00949. The number of sulfone groups is 1. The number of hydrogen-bond donors (Lipinski definition) is 1. The third kappa shape index (κ3) is 2.60. The summed E-state index contributed by atoms with van der Waals surface area (Å²) in [5.74, 6) is -1.64. The first-order chi connectivity index (χ1) is 10.4. The fourth-order valence-corrected chi connectivity index (χ4v) is 4.26. The maximum atomic E-state index is 14.1. The molecule has 0 bridgehead atoms. The van der Waals surface area contributed by atoms with Crippen LogP contribution in [0.5, 0.6) is 0 Å². The molecule has 1 aliphatic rings. The minimum Gasteiger partial charge on any atom is -0.380 e. The van der Waals surface area contributed by atoms with Crippen LogP contribution in [0.25, 0.3) is 10.9 Å². The number of nitriles is 1. The van der Waals surface area contributed by atoms with Crippen LogP contribution in [0.15, 0.2) is 18.3 Å². The largest absolute Gasteiger partial charge is 0.380 e. The lowest BCUT2D eigenvalue weighted by Crippen LogP contribution is -2.21. The third-order valence-corrected chi connectivity index (χ3v) is 5.36. The van der Waals surface area contributed by atoms with Crippen molar-refractivity contribution in [2.45, 2.75) is 12.5 Å². The maximum Gasteiger partial charge on any atom is 0.152 e. The average Bonchev–Trinajstić information content (AvgIpc) is 2.77. The summed E-state index contributed by atoms with van der Waals surface area (Å²) in [6.45, 7) is 0. The highest BCUT2D eigenvalue weighted by Gasteiger charge is 2.29. The van der Waals surface area contributed by atoms with Gasteiger partial charge in [0, 0.05) is 24.4 Å². The molecule has 1 atom stereocenters. The van der Waals surface area contributed by atoms with Crippen LogP contribution in [-0.4, -0.2) is 30.9 Å². The van der Waals surface area contributed by atoms with Crippen LogP contribution in [0.1, 0.15) is 12.0 Å². The van der Waals surface area contributed by atoms with Crippen LogP contribution in [0.4, 0.5) is 14.5 Å². The molecule has 2 aromatic rings. The van der Waals surface area contributed by atoms with Gasteiger partial charge < -0.3 is 5.32 Å². The predicted octanol–water partition coefficient (Wildman–Crippen LogP) is 1.98. The quantitative estimate of drug-likeness (QED) is 0.914. The van der Waals surface area contributed by atoms with Crippen molar-refractivity contribution < 1.29 is 17.2 Å². The molecule has 0 amide bonds. The van der Waals surface area contributed by atoms with Gasteiger partial charge in [-0.25, -0.2) is 17.2 Å². The predicted molar refractivity (Wildman–Crippen MR) is 77.1 cm³/mol. The van der Waals surface area contributed by atoms with E-state index in [1.54, 1.807) is 0 Å². The summed E-state index contributed by atoms with van der Waals surface area (Å²) < 4.78 is 50.4. The van der Waals surface area contributed by atoms with Crippen molar-refractivity contribution in [3.63, 3.8) is 0 Å². The molecule has 0 radical (unpaired) electrons. The van der Waals surface area contributed by atoms with E-state index < -0.39 is 27.5 Å². The minimum atomic E-state index is -3.12. The molecular formula is C14H11F2N3O2S. The summed E-state index contributed by atoms with van der Waals surface area (Å²) in [5.41, 5.74) is 0.314. The Bertz CT molecular complexity index is 906. The van der Waals surface area contributed by atoms with Gasteiger partial charge in [0.2, 0.25) is 0 Å². The van der Waals surface area contributed by atoms with E-state index in [0.717, 1.165) is 6.07 Å². The van der Waals surface area contributed by atoms with Crippen molar-refractivity contribution >= 4 is 26.4 Å². The van der Waals surface area contributed by atoms with E-state index in [9.17, 15) is 17.2 Å². The zero-order chi connectivity index (χ0) is 15.9. The van der Waals surface area contributed by atoms with Gasteiger partial charge in [-0.2, -0.15) is 5.26 Å². The van der Waals surface area contributed by atoms with Gasteiger partial charge in [-0.1, -0.05) is 0 Å². The number of benzene rings is 1. The van der Waals surface area contributed by atoms with E-state index in [-0.39, 0.29) is 33.7 Å². The lowest BCUT2D eigenvalue weighted by atomic mass is 10.1. The first kappa shape index (κ1) is 14.7. The molecular weight excluding hydrogens is 312 g/mol. The van der Waals surface area contributed by atoms with Crippen LogP contribution in [0.3, 0.4) is 0 Å². The molecule has 1 fully saturated rings. The van der Waals surface area contributed by atoms with Gasteiger partial charge in [-0.05, 0) is 6.42 Å². The molecule has 0 aliphatic carbocycles. The molecule has 22 heavy (non-hydrogen) atoms. The highest BCUT2D eigenvalue weighted by atomic mass is 32.2. The van der Waals surface area contributed by atoms with Crippen LogP contribution in [-0.2, 0) is 9.84 Å². The van der Waals surface area contributed by atoms with E-state index in [4.69, 9.17) is 5.26 Å². The SMILES string of the molecule is N#Cc1cnc2cc(F)cc(F)c2c1NC1CCS(=O)(=O)C1. The Labute approximate surface area is 125 Å². The second-order valence-electron chi connectivity index (χ2n) is 5.18. The highest BCUT2D eigenvalue weighted by Crippen LogP contribution is 2.30. The van der Waals surface area contributed by atoms with E-state index in [2.05, 4.69) is 10.3 Å². The molecule has 1 saturated heterocycles. The second-order valence-corrected chi connectivity index (χ2v) is 7.41. The summed E-state index contributed by atoms with van der Waals surface area (Å²) in [6.07, 6.45) is 1.59. The Morgan fingerprint density at radius 3 is 2.77 bits per heavy atom. The topological polar surface area (TPSA) is 82.8 Å². The van der Waals surface area contributed by atoms with Gasteiger partial charge in [0.05, 0.1) is 33.7 Å². The maximum absolute atomic E-state index is 14.1. The van der Waals surface area contributed by atoms with Crippen LogP contribution >= 0.6 is 0 Å². The number of fused-ring (bicyclic) bond motifs is 1. The van der Waals surface area contributed by atoms with Gasteiger partial charge >= 0.3 is 0 Å². The third-order valence-electron chi connectivity index (χ3n) is 3.59. The summed E-state index contributed by atoms with van der Waals surface area (Å²) in [5, 5.41) is 12.1. The van der Waals surface area contributed by atoms with Crippen molar-refractivity contribution in [1.82, 2.24) is 4.98 Å². The lowest BCUT2D eigenvalue weighted by molar-refractivity contribution is 0.591.